The monoisotopic (exact) mass is 186 g/mol. The highest BCUT2D eigenvalue weighted by atomic mass is 16.5. The Kier molecular flexibility index (Phi) is 3.71. The fraction of sp³-hybridized carbons (Fsp3) is 1.00. The Balaban J connectivity index is 2.42. The second-order valence-corrected chi connectivity index (χ2v) is 4.76. The minimum atomic E-state index is 0.228. The fourth-order valence-electron chi connectivity index (χ4n) is 1.61. The van der Waals surface area contributed by atoms with Crippen LogP contribution in [-0.4, -0.2) is 43.8 Å². The van der Waals surface area contributed by atoms with Crippen molar-refractivity contribution < 1.29 is 4.74 Å². The van der Waals surface area contributed by atoms with Crippen LogP contribution in [0.2, 0.25) is 0 Å². The molecule has 1 aliphatic heterocycles. The molecular weight excluding hydrogens is 164 g/mol. The summed E-state index contributed by atoms with van der Waals surface area (Å²) in [5.74, 6) is 0. The number of hydrogen-bond donors (Lipinski definition) is 1. The van der Waals surface area contributed by atoms with Crippen LogP contribution in [0.15, 0.2) is 0 Å². The molecule has 1 unspecified atom stereocenters. The summed E-state index contributed by atoms with van der Waals surface area (Å²) in [6.07, 6.45) is 0. The second kappa shape index (κ2) is 4.40. The highest BCUT2D eigenvalue weighted by Gasteiger charge is 2.25. The largest absolute Gasteiger partial charge is 0.379 e. The van der Waals surface area contributed by atoms with Gasteiger partial charge in [-0.3, -0.25) is 4.90 Å². The lowest BCUT2D eigenvalue weighted by Gasteiger charge is -2.38. The van der Waals surface area contributed by atoms with E-state index in [0.29, 0.717) is 6.04 Å². The highest BCUT2D eigenvalue weighted by Crippen LogP contribution is 2.18. The van der Waals surface area contributed by atoms with Crippen LogP contribution in [0.1, 0.15) is 20.8 Å². The van der Waals surface area contributed by atoms with E-state index >= 15 is 0 Å². The van der Waals surface area contributed by atoms with Crippen LogP contribution in [0.5, 0.6) is 0 Å². The minimum Gasteiger partial charge on any atom is -0.379 e. The van der Waals surface area contributed by atoms with E-state index in [1.807, 2.05) is 0 Å². The van der Waals surface area contributed by atoms with Crippen molar-refractivity contribution in [1.29, 1.82) is 0 Å². The lowest BCUT2D eigenvalue weighted by molar-refractivity contribution is -0.0148. The normalized spacial score (nSPS) is 26.3. The maximum atomic E-state index is 5.71. The Hall–Kier alpha value is -0.120. The van der Waals surface area contributed by atoms with E-state index in [0.717, 1.165) is 32.8 Å². The summed E-state index contributed by atoms with van der Waals surface area (Å²) in [5, 5.41) is 0. The lowest BCUT2D eigenvalue weighted by atomic mass is 9.92. The van der Waals surface area contributed by atoms with E-state index < -0.39 is 0 Å². The van der Waals surface area contributed by atoms with E-state index in [1.165, 1.54) is 0 Å². The fourth-order valence-corrected chi connectivity index (χ4v) is 1.61. The molecule has 13 heavy (non-hydrogen) atoms. The maximum absolute atomic E-state index is 5.71. The van der Waals surface area contributed by atoms with Crippen molar-refractivity contribution in [3.8, 4) is 0 Å². The van der Waals surface area contributed by atoms with Gasteiger partial charge in [0, 0.05) is 19.1 Å². The summed E-state index contributed by atoms with van der Waals surface area (Å²) >= 11 is 0. The molecule has 0 radical (unpaired) electrons. The summed E-state index contributed by atoms with van der Waals surface area (Å²) < 4.78 is 5.39. The molecule has 0 spiro atoms. The predicted molar refractivity (Wildman–Crippen MR) is 54.7 cm³/mol. The molecule has 3 heteroatoms. The predicted octanol–water partition coefficient (Wildman–Crippen LogP) is 0.692. The van der Waals surface area contributed by atoms with Crippen LogP contribution in [0.3, 0.4) is 0 Å². The van der Waals surface area contributed by atoms with Gasteiger partial charge in [-0.05, 0) is 18.9 Å². The first-order valence-corrected chi connectivity index (χ1v) is 5.07. The molecule has 0 aliphatic carbocycles. The molecule has 0 amide bonds. The van der Waals surface area contributed by atoms with Gasteiger partial charge < -0.3 is 10.5 Å². The van der Waals surface area contributed by atoms with Crippen molar-refractivity contribution >= 4 is 0 Å². The Labute approximate surface area is 81.2 Å². The standard InChI is InChI=1S/C10H22N2O/c1-9-6-13-5-4-12(9)8-10(2,3)7-11/h9H,4-8,11H2,1-3H3. The molecule has 0 aromatic carbocycles. The van der Waals surface area contributed by atoms with Gasteiger partial charge in [0.05, 0.1) is 13.2 Å². The molecule has 1 aliphatic rings. The van der Waals surface area contributed by atoms with Crippen molar-refractivity contribution in [1.82, 2.24) is 4.90 Å². The topological polar surface area (TPSA) is 38.5 Å². The van der Waals surface area contributed by atoms with Crippen LogP contribution in [0.25, 0.3) is 0 Å². The van der Waals surface area contributed by atoms with Crippen LogP contribution in [0.4, 0.5) is 0 Å². The van der Waals surface area contributed by atoms with E-state index in [9.17, 15) is 0 Å². The molecule has 1 saturated heterocycles. The van der Waals surface area contributed by atoms with Crippen LogP contribution in [-0.2, 0) is 4.74 Å². The third-order valence-corrected chi connectivity index (χ3v) is 2.69. The highest BCUT2D eigenvalue weighted by molar-refractivity contribution is 4.79. The van der Waals surface area contributed by atoms with Crippen molar-refractivity contribution in [3.63, 3.8) is 0 Å². The summed E-state index contributed by atoms with van der Waals surface area (Å²) in [6, 6.07) is 0.541. The van der Waals surface area contributed by atoms with Gasteiger partial charge in [-0.2, -0.15) is 0 Å². The van der Waals surface area contributed by atoms with Crippen molar-refractivity contribution in [2.24, 2.45) is 11.1 Å². The number of rotatable bonds is 3. The van der Waals surface area contributed by atoms with Gasteiger partial charge in [-0.15, -0.1) is 0 Å². The maximum Gasteiger partial charge on any atom is 0.0619 e. The van der Waals surface area contributed by atoms with Gasteiger partial charge >= 0.3 is 0 Å². The molecular formula is C10H22N2O. The van der Waals surface area contributed by atoms with Gasteiger partial charge in [0.25, 0.3) is 0 Å². The molecule has 3 nitrogen and oxygen atoms in total. The van der Waals surface area contributed by atoms with Crippen LogP contribution in [0, 0.1) is 5.41 Å². The van der Waals surface area contributed by atoms with Crippen molar-refractivity contribution in [3.05, 3.63) is 0 Å². The quantitative estimate of drug-likeness (QED) is 0.705. The van der Waals surface area contributed by atoms with Gasteiger partial charge in [-0.25, -0.2) is 0 Å². The molecule has 2 N–H and O–H groups in total. The van der Waals surface area contributed by atoms with E-state index in [2.05, 4.69) is 25.7 Å². The van der Waals surface area contributed by atoms with Crippen molar-refractivity contribution in [2.75, 3.05) is 32.8 Å². The number of morpholine rings is 1. The van der Waals surface area contributed by atoms with Gasteiger partial charge in [-0.1, -0.05) is 13.8 Å². The Morgan fingerprint density at radius 3 is 2.77 bits per heavy atom. The lowest BCUT2D eigenvalue weighted by Crippen LogP contribution is -2.49. The zero-order chi connectivity index (χ0) is 9.90. The average molecular weight is 186 g/mol. The molecule has 1 heterocycles. The van der Waals surface area contributed by atoms with Gasteiger partial charge in [0.15, 0.2) is 0 Å². The average Bonchev–Trinajstić information content (AvgIpc) is 2.09. The molecule has 0 aromatic rings. The molecule has 0 bridgehead atoms. The number of nitrogens with two attached hydrogens (primary N) is 1. The smallest absolute Gasteiger partial charge is 0.0619 e. The summed E-state index contributed by atoms with van der Waals surface area (Å²) in [6.45, 7) is 11.2. The zero-order valence-electron chi connectivity index (χ0n) is 9.05. The first kappa shape index (κ1) is 11.0. The van der Waals surface area contributed by atoms with Gasteiger partial charge in [0.2, 0.25) is 0 Å². The van der Waals surface area contributed by atoms with Crippen molar-refractivity contribution in [2.45, 2.75) is 26.8 Å². The molecule has 0 saturated carbocycles. The zero-order valence-corrected chi connectivity index (χ0v) is 9.05. The number of nitrogens with zero attached hydrogens (tertiary/aromatic N) is 1. The van der Waals surface area contributed by atoms with E-state index in [1.54, 1.807) is 0 Å². The van der Waals surface area contributed by atoms with Gasteiger partial charge in [0.1, 0.15) is 0 Å². The summed E-state index contributed by atoms with van der Waals surface area (Å²) in [7, 11) is 0. The molecule has 0 aromatic heterocycles. The van der Waals surface area contributed by atoms with E-state index in [4.69, 9.17) is 10.5 Å². The Morgan fingerprint density at radius 2 is 2.23 bits per heavy atom. The van der Waals surface area contributed by atoms with Crippen LogP contribution < -0.4 is 5.73 Å². The molecule has 1 fully saturated rings. The Morgan fingerprint density at radius 1 is 1.54 bits per heavy atom. The number of hydrogen-bond acceptors (Lipinski definition) is 3. The molecule has 78 valence electrons. The molecule has 1 atom stereocenters. The summed E-state index contributed by atoms with van der Waals surface area (Å²) in [5.41, 5.74) is 5.94. The van der Waals surface area contributed by atoms with E-state index in [-0.39, 0.29) is 5.41 Å². The Bertz CT molecular complexity index is 159. The third-order valence-electron chi connectivity index (χ3n) is 2.69. The first-order chi connectivity index (χ1) is 6.05. The second-order valence-electron chi connectivity index (χ2n) is 4.76. The summed E-state index contributed by atoms with van der Waals surface area (Å²) in [4.78, 5) is 2.47. The first-order valence-electron chi connectivity index (χ1n) is 5.07. The molecule has 1 rings (SSSR count). The van der Waals surface area contributed by atoms with Crippen LogP contribution >= 0.6 is 0 Å². The SMILES string of the molecule is CC1COCCN1CC(C)(C)CN. The third kappa shape index (κ3) is 3.25. The number of ether oxygens (including phenoxy) is 1. The minimum absolute atomic E-state index is 0.228.